The van der Waals surface area contributed by atoms with Crippen LogP contribution in [-0.2, 0) is 13.1 Å². The zero-order valence-corrected chi connectivity index (χ0v) is 18.2. The molecule has 0 radical (unpaired) electrons. The van der Waals surface area contributed by atoms with Crippen LogP contribution in [0.3, 0.4) is 0 Å². The van der Waals surface area contributed by atoms with E-state index in [1.54, 1.807) is 22.9 Å². The fourth-order valence-electron chi connectivity index (χ4n) is 3.36. The lowest BCUT2D eigenvalue weighted by atomic mass is 10.2. The molecule has 0 aliphatic rings. The van der Waals surface area contributed by atoms with E-state index in [9.17, 15) is 4.79 Å². The molecule has 30 heavy (non-hydrogen) atoms. The monoisotopic (exact) mass is 421 g/mol. The van der Waals surface area contributed by atoms with E-state index in [2.05, 4.69) is 10.1 Å². The third kappa shape index (κ3) is 3.66. The average Bonchev–Trinajstić information content (AvgIpc) is 3.37. The van der Waals surface area contributed by atoms with Gasteiger partial charge in [0.15, 0.2) is 5.13 Å². The molecule has 4 aromatic rings. The summed E-state index contributed by atoms with van der Waals surface area (Å²) in [6.45, 7) is 6.81. The van der Waals surface area contributed by atoms with E-state index in [1.807, 2.05) is 57.2 Å². The van der Waals surface area contributed by atoms with Gasteiger partial charge < -0.3 is 4.74 Å². The number of hydrogen-bond acceptors (Lipinski definition) is 6. The Bertz CT molecular complexity index is 1200. The Morgan fingerprint density at radius 3 is 2.77 bits per heavy atom. The summed E-state index contributed by atoms with van der Waals surface area (Å²) in [4.78, 5) is 24.5. The van der Waals surface area contributed by atoms with E-state index in [4.69, 9.17) is 9.72 Å². The Morgan fingerprint density at radius 1 is 1.23 bits per heavy atom. The van der Waals surface area contributed by atoms with Crippen molar-refractivity contribution in [3.63, 3.8) is 0 Å². The molecule has 8 heteroatoms. The van der Waals surface area contributed by atoms with Crippen molar-refractivity contribution < 1.29 is 9.53 Å². The van der Waals surface area contributed by atoms with Crippen LogP contribution >= 0.6 is 11.3 Å². The van der Waals surface area contributed by atoms with Crippen LogP contribution in [0.25, 0.3) is 10.2 Å². The van der Waals surface area contributed by atoms with E-state index in [1.165, 1.54) is 11.3 Å². The van der Waals surface area contributed by atoms with Crippen molar-refractivity contribution >= 4 is 32.6 Å². The number of hydrogen-bond donors (Lipinski definition) is 0. The molecule has 0 saturated heterocycles. The van der Waals surface area contributed by atoms with Crippen molar-refractivity contribution in [1.29, 1.82) is 0 Å². The van der Waals surface area contributed by atoms with Crippen LogP contribution in [0.5, 0.6) is 5.75 Å². The van der Waals surface area contributed by atoms with Gasteiger partial charge in [-0.1, -0.05) is 23.5 Å². The molecule has 1 amide bonds. The third-order valence-electron chi connectivity index (χ3n) is 4.86. The van der Waals surface area contributed by atoms with Gasteiger partial charge in [0, 0.05) is 12.7 Å². The molecule has 3 heterocycles. The lowest BCUT2D eigenvalue weighted by Crippen LogP contribution is -2.32. The highest BCUT2D eigenvalue weighted by molar-refractivity contribution is 7.22. The Kier molecular flexibility index (Phi) is 5.50. The van der Waals surface area contributed by atoms with Crippen molar-refractivity contribution in [3.8, 4) is 5.75 Å². The minimum absolute atomic E-state index is 0.154. The Morgan fingerprint density at radius 2 is 2.07 bits per heavy atom. The van der Waals surface area contributed by atoms with Crippen molar-refractivity contribution in [2.45, 2.75) is 33.9 Å². The molecule has 0 atom stereocenters. The Labute approximate surface area is 179 Å². The molecule has 0 unspecified atom stereocenters. The SMILES string of the molecule is CCn1nc(C)cc1C(=O)N(Cc1ccccn1)c1nc2c(OC)ccc(C)c2s1. The van der Waals surface area contributed by atoms with E-state index in [0.717, 1.165) is 27.2 Å². The fraction of sp³-hybridized carbons (Fsp3) is 0.273. The summed E-state index contributed by atoms with van der Waals surface area (Å²) in [6, 6.07) is 11.4. The zero-order valence-electron chi connectivity index (χ0n) is 17.4. The topological polar surface area (TPSA) is 73.1 Å². The summed E-state index contributed by atoms with van der Waals surface area (Å²) in [7, 11) is 1.63. The number of nitrogens with zero attached hydrogens (tertiary/aromatic N) is 5. The van der Waals surface area contributed by atoms with Gasteiger partial charge in [-0.2, -0.15) is 5.10 Å². The largest absolute Gasteiger partial charge is 0.494 e. The van der Waals surface area contributed by atoms with Gasteiger partial charge in [-0.15, -0.1) is 0 Å². The van der Waals surface area contributed by atoms with E-state index in [-0.39, 0.29) is 5.91 Å². The molecule has 0 saturated carbocycles. The number of aryl methyl sites for hydroxylation is 3. The number of pyridine rings is 1. The number of fused-ring (bicyclic) bond motifs is 1. The second-order valence-electron chi connectivity index (χ2n) is 6.96. The van der Waals surface area contributed by atoms with E-state index < -0.39 is 0 Å². The van der Waals surface area contributed by atoms with Crippen molar-refractivity contribution in [1.82, 2.24) is 19.7 Å². The molecule has 0 fully saturated rings. The first-order chi connectivity index (χ1) is 14.5. The van der Waals surface area contributed by atoms with Gasteiger partial charge >= 0.3 is 0 Å². The molecule has 3 aromatic heterocycles. The predicted molar refractivity (Wildman–Crippen MR) is 118 cm³/mol. The summed E-state index contributed by atoms with van der Waals surface area (Å²) in [6.07, 6.45) is 1.73. The number of ether oxygens (including phenoxy) is 1. The van der Waals surface area contributed by atoms with Crippen LogP contribution in [0.15, 0.2) is 42.6 Å². The molecule has 0 aliphatic carbocycles. The minimum atomic E-state index is -0.154. The Hall–Kier alpha value is -3.26. The smallest absolute Gasteiger partial charge is 0.278 e. The second-order valence-corrected chi connectivity index (χ2v) is 7.94. The van der Waals surface area contributed by atoms with Gasteiger partial charge in [-0.05, 0) is 50.6 Å². The van der Waals surface area contributed by atoms with Crippen LogP contribution in [0, 0.1) is 13.8 Å². The van der Waals surface area contributed by atoms with Crippen LogP contribution in [0.4, 0.5) is 5.13 Å². The lowest BCUT2D eigenvalue weighted by Gasteiger charge is -2.19. The molecule has 0 bridgehead atoms. The number of carbonyl (C=O) groups excluding carboxylic acids is 1. The number of amides is 1. The first kappa shape index (κ1) is 20.0. The van der Waals surface area contributed by atoms with Gasteiger partial charge in [-0.25, -0.2) is 4.98 Å². The summed E-state index contributed by atoms with van der Waals surface area (Å²) in [5, 5.41) is 5.04. The van der Waals surface area contributed by atoms with Gasteiger partial charge in [0.1, 0.15) is 17.0 Å². The fourth-order valence-corrected chi connectivity index (χ4v) is 4.40. The maximum absolute atomic E-state index is 13.6. The van der Waals surface area contributed by atoms with Gasteiger partial charge in [0.2, 0.25) is 0 Å². The molecule has 0 spiro atoms. The molecular weight excluding hydrogens is 398 g/mol. The van der Waals surface area contributed by atoms with Crippen LogP contribution < -0.4 is 9.64 Å². The normalized spacial score (nSPS) is 11.1. The van der Waals surface area contributed by atoms with Gasteiger partial charge in [0.25, 0.3) is 5.91 Å². The van der Waals surface area contributed by atoms with Crippen molar-refractivity contribution in [2.24, 2.45) is 0 Å². The third-order valence-corrected chi connectivity index (χ3v) is 6.07. The summed E-state index contributed by atoms with van der Waals surface area (Å²) in [5.74, 6) is 0.538. The summed E-state index contributed by atoms with van der Waals surface area (Å²) in [5.41, 5.74) is 3.98. The number of rotatable bonds is 6. The summed E-state index contributed by atoms with van der Waals surface area (Å²) >= 11 is 1.48. The number of aromatic nitrogens is 4. The van der Waals surface area contributed by atoms with Crippen molar-refractivity contribution in [2.75, 3.05) is 12.0 Å². The predicted octanol–water partition coefficient (Wildman–Crippen LogP) is 4.38. The molecule has 7 nitrogen and oxygen atoms in total. The average molecular weight is 422 g/mol. The lowest BCUT2D eigenvalue weighted by molar-refractivity contribution is 0.0974. The number of carbonyl (C=O) groups is 1. The molecule has 0 N–H and O–H groups in total. The first-order valence-electron chi connectivity index (χ1n) is 9.72. The van der Waals surface area contributed by atoms with Gasteiger partial charge in [0.05, 0.1) is 29.7 Å². The molecule has 1 aromatic carbocycles. The van der Waals surface area contributed by atoms with Gasteiger partial charge in [-0.3, -0.25) is 19.4 Å². The zero-order chi connectivity index (χ0) is 21.3. The number of methoxy groups -OCH3 is 1. The molecule has 154 valence electrons. The second kappa shape index (κ2) is 8.23. The molecule has 4 rings (SSSR count). The highest BCUT2D eigenvalue weighted by atomic mass is 32.1. The highest BCUT2D eigenvalue weighted by Gasteiger charge is 2.26. The highest BCUT2D eigenvalue weighted by Crippen LogP contribution is 2.37. The maximum Gasteiger partial charge on any atom is 0.278 e. The minimum Gasteiger partial charge on any atom is -0.494 e. The maximum atomic E-state index is 13.6. The first-order valence-corrected chi connectivity index (χ1v) is 10.5. The number of anilines is 1. The van der Waals surface area contributed by atoms with Crippen molar-refractivity contribution in [3.05, 3.63) is 65.2 Å². The molecule has 0 aliphatic heterocycles. The quantitative estimate of drug-likeness (QED) is 0.462. The number of benzene rings is 1. The van der Waals surface area contributed by atoms with E-state index in [0.29, 0.717) is 29.7 Å². The van der Waals surface area contributed by atoms with Crippen LogP contribution in [0.2, 0.25) is 0 Å². The Balaban J connectivity index is 1.84. The molecular formula is C22H23N5O2S. The van der Waals surface area contributed by atoms with E-state index >= 15 is 0 Å². The summed E-state index contributed by atoms with van der Waals surface area (Å²) < 4.78 is 8.22. The van der Waals surface area contributed by atoms with Crippen LogP contribution in [0.1, 0.15) is 34.4 Å². The number of thiazole rings is 1. The standard InChI is InChI=1S/C22H23N5O2S/c1-5-27-17(12-15(3)25-27)21(28)26(13-16-8-6-7-11-23-16)22-24-19-18(29-4)10-9-14(2)20(19)30-22/h6-12H,5,13H2,1-4H3. The van der Waals surface area contributed by atoms with Crippen LogP contribution in [-0.4, -0.2) is 32.8 Å².